The molecule has 1 fully saturated rings. The predicted molar refractivity (Wildman–Crippen MR) is 57.1 cm³/mol. The third-order valence-electron chi connectivity index (χ3n) is 2.52. The zero-order chi connectivity index (χ0) is 10.4. The Morgan fingerprint density at radius 3 is 3.13 bits per heavy atom. The summed E-state index contributed by atoms with van der Waals surface area (Å²) in [4.78, 5) is 17.4. The first-order valence-corrected chi connectivity index (χ1v) is 5.02. The lowest BCUT2D eigenvalue weighted by molar-refractivity contribution is -0.118. The predicted octanol–water partition coefficient (Wildman–Crippen LogP) is 1.27. The van der Waals surface area contributed by atoms with E-state index in [4.69, 9.17) is 11.6 Å². The summed E-state index contributed by atoms with van der Waals surface area (Å²) >= 11 is 5.88. The van der Waals surface area contributed by atoms with E-state index >= 15 is 0 Å². The first kappa shape index (κ1) is 8.73. The third kappa shape index (κ3) is 1.37. The highest BCUT2D eigenvalue weighted by Gasteiger charge is 2.28. The van der Waals surface area contributed by atoms with Gasteiger partial charge in [0.1, 0.15) is 6.54 Å². The summed E-state index contributed by atoms with van der Waals surface area (Å²) in [6, 6.07) is 5.60. The van der Waals surface area contributed by atoms with E-state index in [-0.39, 0.29) is 5.91 Å². The second kappa shape index (κ2) is 2.97. The Morgan fingerprint density at radius 1 is 1.40 bits per heavy atom. The lowest BCUT2D eigenvalue weighted by Gasteiger charge is -2.22. The fourth-order valence-corrected chi connectivity index (χ4v) is 1.98. The quantitative estimate of drug-likeness (QED) is 0.717. The first-order valence-electron chi connectivity index (χ1n) is 4.64. The monoisotopic (exact) mass is 221 g/mol. The zero-order valence-electron chi connectivity index (χ0n) is 7.83. The molecule has 0 bridgehead atoms. The van der Waals surface area contributed by atoms with Crippen LogP contribution in [0, 0.1) is 0 Å². The number of amides is 1. The number of hydrogen-bond acceptors (Lipinski definition) is 3. The third-order valence-corrected chi connectivity index (χ3v) is 2.76. The molecular weight excluding hydrogens is 214 g/mol. The van der Waals surface area contributed by atoms with Gasteiger partial charge >= 0.3 is 0 Å². The Labute approximate surface area is 91.5 Å². The van der Waals surface area contributed by atoms with Gasteiger partial charge in [-0.2, -0.15) is 0 Å². The van der Waals surface area contributed by atoms with Crippen LogP contribution in [-0.2, 0) is 11.3 Å². The maximum atomic E-state index is 11.2. The van der Waals surface area contributed by atoms with Gasteiger partial charge in [-0.3, -0.25) is 10.1 Å². The molecule has 1 saturated heterocycles. The van der Waals surface area contributed by atoms with E-state index in [2.05, 4.69) is 10.3 Å². The van der Waals surface area contributed by atoms with E-state index < -0.39 is 0 Å². The Balaban J connectivity index is 2.07. The maximum Gasteiger partial charge on any atom is 0.246 e. The maximum absolute atomic E-state index is 11.2. The Hall–Kier alpha value is -1.55. The number of halogens is 1. The van der Waals surface area contributed by atoms with Gasteiger partial charge in [0.05, 0.1) is 5.69 Å². The van der Waals surface area contributed by atoms with Crippen molar-refractivity contribution in [1.29, 1.82) is 0 Å². The van der Waals surface area contributed by atoms with Crippen molar-refractivity contribution in [1.82, 2.24) is 10.2 Å². The molecule has 0 aliphatic carbocycles. The molecule has 0 aromatic heterocycles. The van der Waals surface area contributed by atoms with Gasteiger partial charge in [-0.1, -0.05) is 17.7 Å². The van der Waals surface area contributed by atoms with Gasteiger partial charge in [-0.25, -0.2) is 4.99 Å². The molecule has 1 amide bonds. The van der Waals surface area contributed by atoms with Crippen molar-refractivity contribution in [3.63, 3.8) is 0 Å². The summed E-state index contributed by atoms with van der Waals surface area (Å²) < 4.78 is 0. The molecule has 0 saturated carbocycles. The Morgan fingerprint density at radius 2 is 2.27 bits per heavy atom. The van der Waals surface area contributed by atoms with Gasteiger partial charge in [-0.05, 0) is 17.7 Å². The smallest absolute Gasteiger partial charge is 0.246 e. The van der Waals surface area contributed by atoms with Crippen molar-refractivity contribution < 1.29 is 4.79 Å². The molecule has 15 heavy (non-hydrogen) atoms. The molecule has 5 heteroatoms. The van der Waals surface area contributed by atoms with Crippen molar-refractivity contribution in [3.05, 3.63) is 28.8 Å². The van der Waals surface area contributed by atoms with Crippen LogP contribution in [0.4, 0.5) is 5.69 Å². The minimum Gasteiger partial charge on any atom is -0.329 e. The molecule has 1 aromatic rings. The van der Waals surface area contributed by atoms with E-state index in [0.29, 0.717) is 24.1 Å². The number of hydrogen-bond donors (Lipinski definition) is 1. The van der Waals surface area contributed by atoms with Crippen molar-refractivity contribution >= 4 is 29.2 Å². The van der Waals surface area contributed by atoms with E-state index in [1.165, 1.54) is 0 Å². The van der Waals surface area contributed by atoms with Crippen LogP contribution in [0.1, 0.15) is 5.56 Å². The van der Waals surface area contributed by atoms with Gasteiger partial charge in [0.2, 0.25) is 11.9 Å². The van der Waals surface area contributed by atoms with Gasteiger partial charge < -0.3 is 4.90 Å². The molecule has 1 N–H and O–H groups in total. The summed E-state index contributed by atoms with van der Waals surface area (Å²) in [6.45, 7) is 1.10. The normalized spacial score (nSPS) is 18.1. The molecule has 76 valence electrons. The van der Waals surface area contributed by atoms with E-state index in [9.17, 15) is 4.79 Å². The minimum absolute atomic E-state index is 0.00680. The summed E-state index contributed by atoms with van der Waals surface area (Å²) in [5.74, 6) is 0.627. The average molecular weight is 222 g/mol. The second-order valence-electron chi connectivity index (χ2n) is 3.61. The van der Waals surface area contributed by atoms with Crippen LogP contribution in [0.2, 0.25) is 5.02 Å². The molecule has 3 rings (SSSR count). The number of benzene rings is 1. The number of rotatable bonds is 0. The lowest BCUT2D eigenvalue weighted by Crippen LogP contribution is -2.31. The number of aliphatic imine (C=N–C) groups is 1. The fraction of sp³-hybridized carbons (Fsp3) is 0.200. The van der Waals surface area contributed by atoms with Crippen LogP contribution < -0.4 is 5.32 Å². The summed E-state index contributed by atoms with van der Waals surface area (Å²) in [7, 11) is 0. The van der Waals surface area contributed by atoms with Crippen LogP contribution in [-0.4, -0.2) is 23.3 Å². The standard InChI is InChI=1S/C10H8ClN3O/c11-7-2-1-6-4-14-5-9(15)13-10(14)12-8(6)3-7/h1-3H,4-5H2,(H,12,13,15). The number of fused-ring (bicyclic) bond motifs is 2. The number of nitrogens with zero attached hydrogens (tertiary/aromatic N) is 2. The highest BCUT2D eigenvalue weighted by Crippen LogP contribution is 2.29. The van der Waals surface area contributed by atoms with Crippen molar-refractivity contribution in [3.8, 4) is 0 Å². The lowest BCUT2D eigenvalue weighted by atomic mass is 10.1. The van der Waals surface area contributed by atoms with Gasteiger partial charge in [0, 0.05) is 11.6 Å². The largest absolute Gasteiger partial charge is 0.329 e. The molecule has 0 spiro atoms. The second-order valence-corrected chi connectivity index (χ2v) is 4.05. The molecule has 4 nitrogen and oxygen atoms in total. The topological polar surface area (TPSA) is 44.7 Å². The first-order chi connectivity index (χ1) is 7.22. The van der Waals surface area contributed by atoms with Gasteiger partial charge in [0.25, 0.3) is 0 Å². The van der Waals surface area contributed by atoms with Crippen LogP contribution in [0.3, 0.4) is 0 Å². The van der Waals surface area contributed by atoms with Gasteiger partial charge in [0.15, 0.2) is 0 Å². The van der Waals surface area contributed by atoms with E-state index in [1.54, 1.807) is 0 Å². The van der Waals surface area contributed by atoms with Crippen LogP contribution in [0.15, 0.2) is 23.2 Å². The molecule has 1 aromatic carbocycles. The summed E-state index contributed by atoms with van der Waals surface area (Å²) in [5.41, 5.74) is 1.94. The highest BCUT2D eigenvalue weighted by molar-refractivity contribution is 6.30. The zero-order valence-corrected chi connectivity index (χ0v) is 8.58. The van der Waals surface area contributed by atoms with Crippen LogP contribution in [0.25, 0.3) is 0 Å². The van der Waals surface area contributed by atoms with Gasteiger partial charge in [-0.15, -0.1) is 0 Å². The highest BCUT2D eigenvalue weighted by atomic mass is 35.5. The molecular formula is C10H8ClN3O. The number of carbonyl (C=O) groups excluding carboxylic acids is 1. The molecule has 2 aliphatic heterocycles. The molecule has 0 radical (unpaired) electrons. The molecule has 0 atom stereocenters. The Bertz CT molecular complexity index is 484. The SMILES string of the molecule is O=C1CN2Cc3ccc(Cl)cc3N=C2N1. The minimum atomic E-state index is -0.00680. The molecule has 2 heterocycles. The van der Waals surface area contributed by atoms with E-state index in [0.717, 1.165) is 11.3 Å². The summed E-state index contributed by atoms with van der Waals surface area (Å²) in [6.07, 6.45) is 0. The number of nitrogens with one attached hydrogen (secondary N) is 1. The van der Waals surface area contributed by atoms with Crippen molar-refractivity contribution in [2.24, 2.45) is 4.99 Å². The van der Waals surface area contributed by atoms with Crippen molar-refractivity contribution in [2.75, 3.05) is 6.54 Å². The number of guanidine groups is 1. The van der Waals surface area contributed by atoms with E-state index in [1.807, 2.05) is 23.1 Å². The van der Waals surface area contributed by atoms with Crippen molar-refractivity contribution in [2.45, 2.75) is 6.54 Å². The Kier molecular flexibility index (Phi) is 1.73. The molecule has 0 unspecified atom stereocenters. The fourth-order valence-electron chi connectivity index (χ4n) is 1.82. The summed E-state index contributed by atoms with van der Waals surface area (Å²) in [5, 5.41) is 3.37. The van der Waals surface area contributed by atoms with Crippen LogP contribution in [0.5, 0.6) is 0 Å². The average Bonchev–Trinajstić information content (AvgIpc) is 2.53. The van der Waals surface area contributed by atoms with Crippen LogP contribution >= 0.6 is 11.6 Å². The number of carbonyl (C=O) groups is 1. The molecule has 2 aliphatic rings.